The van der Waals surface area contributed by atoms with E-state index in [0.29, 0.717) is 17.2 Å². The van der Waals surface area contributed by atoms with Gasteiger partial charge in [0.1, 0.15) is 22.8 Å². The highest BCUT2D eigenvalue weighted by Gasteiger charge is 2.20. The van der Waals surface area contributed by atoms with E-state index < -0.39 is 5.97 Å². The van der Waals surface area contributed by atoms with Crippen molar-refractivity contribution in [3.05, 3.63) is 52.5 Å². The minimum atomic E-state index is -0.564. The van der Waals surface area contributed by atoms with E-state index in [1.54, 1.807) is 43.5 Å². The van der Waals surface area contributed by atoms with Crippen molar-refractivity contribution >= 4 is 17.6 Å². The second-order valence-corrected chi connectivity index (χ2v) is 4.74. The van der Waals surface area contributed by atoms with Crippen LogP contribution in [0.3, 0.4) is 0 Å². The molecule has 0 aliphatic carbocycles. The van der Waals surface area contributed by atoms with Crippen molar-refractivity contribution in [2.45, 2.75) is 6.92 Å². The predicted octanol–water partition coefficient (Wildman–Crippen LogP) is 3.88. The number of carbonyl (C=O) groups excluding carboxylic acids is 1. The molecule has 0 unspecified atom stereocenters. The lowest BCUT2D eigenvalue weighted by molar-refractivity contribution is 0.0731. The highest BCUT2D eigenvalue weighted by atomic mass is 35.5. The van der Waals surface area contributed by atoms with Crippen molar-refractivity contribution < 1.29 is 19.0 Å². The quantitative estimate of drug-likeness (QED) is 0.635. The number of aryl methyl sites for hydroxylation is 1. The summed E-state index contributed by atoms with van der Waals surface area (Å²) in [6.07, 6.45) is 0. The van der Waals surface area contributed by atoms with Gasteiger partial charge in [-0.05, 0) is 42.8 Å². The molecule has 0 spiro atoms. The largest absolute Gasteiger partial charge is 0.497 e. The van der Waals surface area contributed by atoms with E-state index in [9.17, 15) is 4.79 Å². The summed E-state index contributed by atoms with van der Waals surface area (Å²) >= 11 is 6.09. The maximum absolute atomic E-state index is 12.3. The van der Waals surface area contributed by atoms with Crippen LogP contribution in [-0.4, -0.2) is 20.2 Å². The summed E-state index contributed by atoms with van der Waals surface area (Å²) in [6.45, 7) is 1.83. The van der Waals surface area contributed by atoms with Gasteiger partial charge in [0.05, 0.1) is 19.2 Å². The molecule has 4 nitrogen and oxygen atoms in total. The Balaban J connectivity index is 2.29. The normalized spacial score (nSPS) is 10.1. The summed E-state index contributed by atoms with van der Waals surface area (Å²) in [7, 11) is 3.06. The lowest BCUT2D eigenvalue weighted by Gasteiger charge is -2.12. The number of methoxy groups -OCH3 is 2. The molecule has 0 bridgehead atoms. The Hall–Kier alpha value is -2.20. The summed E-state index contributed by atoms with van der Waals surface area (Å²) in [5, 5.41) is 0.288. The first-order valence-corrected chi connectivity index (χ1v) is 6.64. The van der Waals surface area contributed by atoms with Gasteiger partial charge in [0.25, 0.3) is 0 Å². The summed E-state index contributed by atoms with van der Waals surface area (Å²) in [4.78, 5) is 12.3. The molecule has 0 fully saturated rings. The Kier molecular flexibility index (Phi) is 4.70. The van der Waals surface area contributed by atoms with Crippen molar-refractivity contribution in [3.63, 3.8) is 0 Å². The summed E-state index contributed by atoms with van der Waals surface area (Å²) in [5.41, 5.74) is 1.03. The fourth-order valence-electron chi connectivity index (χ4n) is 1.92. The van der Waals surface area contributed by atoms with Gasteiger partial charge < -0.3 is 14.2 Å². The average Bonchev–Trinajstić information content (AvgIpc) is 2.49. The maximum atomic E-state index is 12.3. The van der Waals surface area contributed by atoms with Gasteiger partial charge in [0.2, 0.25) is 0 Å². The number of ether oxygens (including phenoxy) is 3. The first-order valence-electron chi connectivity index (χ1n) is 6.26. The van der Waals surface area contributed by atoms with Gasteiger partial charge in [0, 0.05) is 0 Å². The van der Waals surface area contributed by atoms with Crippen molar-refractivity contribution in [2.75, 3.05) is 14.2 Å². The highest BCUT2D eigenvalue weighted by Crippen LogP contribution is 2.31. The molecule has 0 amide bonds. The van der Waals surface area contributed by atoms with Crippen molar-refractivity contribution in [1.82, 2.24) is 0 Å². The van der Waals surface area contributed by atoms with Crippen molar-refractivity contribution in [2.24, 2.45) is 0 Å². The average molecular weight is 307 g/mol. The zero-order valence-electron chi connectivity index (χ0n) is 12.0. The third-order valence-corrected chi connectivity index (χ3v) is 3.30. The van der Waals surface area contributed by atoms with Crippen molar-refractivity contribution in [3.8, 4) is 17.2 Å². The van der Waals surface area contributed by atoms with E-state index in [-0.39, 0.29) is 10.6 Å². The van der Waals surface area contributed by atoms with Crippen LogP contribution in [0.1, 0.15) is 15.9 Å². The summed E-state index contributed by atoms with van der Waals surface area (Å²) in [5.74, 6) is 0.938. The Morgan fingerprint density at radius 3 is 2.14 bits per heavy atom. The number of carbonyl (C=O) groups is 1. The predicted molar refractivity (Wildman–Crippen MR) is 80.7 cm³/mol. The molecule has 2 aromatic rings. The molecule has 0 saturated carbocycles. The molecule has 0 atom stereocenters. The zero-order chi connectivity index (χ0) is 15.4. The second-order valence-electron chi connectivity index (χ2n) is 4.34. The fourth-order valence-corrected chi connectivity index (χ4v) is 2.14. The molecular formula is C16H15ClO4. The minimum Gasteiger partial charge on any atom is -0.497 e. The second kappa shape index (κ2) is 6.50. The van der Waals surface area contributed by atoms with Crippen LogP contribution in [0, 0.1) is 6.92 Å². The number of hydrogen-bond acceptors (Lipinski definition) is 4. The minimum absolute atomic E-state index is 0.218. The lowest BCUT2D eigenvalue weighted by Crippen LogP contribution is -2.11. The van der Waals surface area contributed by atoms with Crippen LogP contribution in [-0.2, 0) is 0 Å². The molecule has 2 aromatic carbocycles. The van der Waals surface area contributed by atoms with Crippen molar-refractivity contribution in [1.29, 1.82) is 0 Å². The Morgan fingerprint density at radius 1 is 0.952 bits per heavy atom. The monoisotopic (exact) mass is 306 g/mol. The molecule has 0 aliphatic heterocycles. The molecule has 0 heterocycles. The molecule has 2 rings (SSSR count). The van der Waals surface area contributed by atoms with Gasteiger partial charge in [-0.15, -0.1) is 0 Å². The molecule has 21 heavy (non-hydrogen) atoms. The number of esters is 1. The zero-order valence-corrected chi connectivity index (χ0v) is 12.7. The Labute approximate surface area is 128 Å². The fraction of sp³-hybridized carbons (Fsp3) is 0.188. The van der Waals surface area contributed by atoms with E-state index in [4.69, 9.17) is 25.8 Å². The van der Waals surface area contributed by atoms with Gasteiger partial charge in [-0.3, -0.25) is 0 Å². The smallest absolute Gasteiger partial charge is 0.348 e. The van der Waals surface area contributed by atoms with E-state index >= 15 is 0 Å². The SMILES string of the molecule is COc1ccc(OC(=O)c2c(Cl)ccc(C)c2OC)cc1. The molecule has 0 aliphatic rings. The van der Waals surface area contributed by atoms with Crippen LogP contribution in [0.15, 0.2) is 36.4 Å². The van der Waals surface area contributed by atoms with Crippen LogP contribution in [0.25, 0.3) is 0 Å². The molecule has 0 radical (unpaired) electrons. The number of halogens is 1. The van der Waals surface area contributed by atoms with Crippen LogP contribution in [0.4, 0.5) is 0 Å². The number of hydrogen-bond donors (Lipinski definition) is 0. The van der Waals surface area contributed by atoms with E-state index in [2.05, 4.69) is 0 Å². The lowest BCUT2D eigenvalue weighted by atomic mass is 10.1. The van der Waals surface area contributed by atoms with Gasteiger partial charge >= 0.3 is 5.97 Å². The standard InChI is InChI=1S/C16H15ClO4/c1-10-4-9-13(17)14(15(10)20-3)16(18)21-12-7-5-11(19-2)6-8-12/h4-9H,1-3H3. The van der Waals surface area contributed by atoms with Crippen LogP contribution in [0.2, 0.25) is 5.02 Å². The van der Waals surface area contributed by atoms with Gasteiger partial charge in [-0.1, -0.05) is 17.7 Å². The molecular weight excluding hydrogens is 292 g/mol. The number of benzene rings is 2. The first kappa shape index (κ1) is 15.2. The molecule has 0 N–H and O–H groups in total. The maximum Gasteiger partial charge on any atom is 0.348 e. The topological polar surface area (TPSA) is 44.8 Å². The molecule has 5 heteroatoms. The number of rotatable bonds is 4. The molecule has 110 valence electrons. The third kappa shape index (κ3) is 3.28. The van der Waals surface area contributed by atoms with Gasteiger partial charge in [-0.25, -0.2) is 4.79 Å². The van der Waals surface area contributed by atoms with E-state index in [0.717, 1.165) is 5.56 Å². The Bertz CT molecular complexity index is 650. The summed E-state index contributed by atoms with van der Waals surface area (Å²) in [6, 6.07) is 10.1. The first-order chi connectivity index (χ1) is 10.1. The van der Waals surface area contributed by atoms with Crippen LogP contribution in [0.5, 0.6) is 17.2 Å². The highest BCUT2D eigenvalue weighted by molar-refractivity contribution is 6.34. The third-order valence-electron chi connectivity index (χ3n) is 2.98. The Morgan fingerprint density at radius 2 is 1.57 bits per heavy atom. The van der Waals surface area contributed by atoms with Gasteiger partial charge in [-0.2, -0.15) is 0 Å². The van der Waals surface area contributed by atoms with Gasteiger partial charge in [0.15, 0.2) is 0 Å². The van der Waals surface area contributed by atoms with Crippen LogP contribution < -0.4 is 14.2 Å². The molecule has 0 saturated heterocycles. The van der Waals surface area contributed by atoms with E-state index in [1.807, 2.05) is 6.92 Å². The van der Waals surface area contributed by atoms with E-state index in [1.165, 1.54) is 7.11 Å². The van der Waals surface area contributed by atoms with Crippen LogP contribution >= 0.6 is 11.6 Å². The summed E-state index contributed by atoms with van der Waals surface area (Å²) < 4.78 is 15.6. The molecule has 0 aromatic heterocycles.